The van der Waals surface area contributed by atoms with E-state index in [1.54, 1.807) is 0 Å². The van der Waals surface area contributed by atoms with Crippen LogP contribution < -0.4 is 5.32 Å². The molecule has 0 aromatic carbocycles. The number of carbonyl (C=O) groups is 1. The predicted octanol–water partition coefficient (Wildman–Crippen LogP) is 2.74. The van der Waals surface area contributed by atoms with Crippen LogP contribution in [-0.2, 0) is 9.53 Å². The maximum Gasteiger partial charge on any atom is 0.326 e. The summed E-state index contributed by atoms with van der Waals surface area (Å²) in [7, 11) is 1.49. The molecule has 100 valence electrons. The monoisotopic (exact) mass is 241 g/mol. The van der Waals surface area contributed by atoms with Crippen LogP contribution in [0.1, 0.15) is 53.4 Å². The Kier molecular flexibility index (Phi) is 4.99. The SMILES string of the molecule is CCC(C)NC1(C(=O)OC)CC(C)CC(C)C1. The molecule has 3 nitrogen and oxygen atoms in total. The van der Waals surface area contributed by atoms with Gasteiger partial charge in [0.25, 0.3) is 0 Å². The first-order valence-corrected chi connectivity index (χ1v) is 6.79. The summed E-state index contributed by atoms with van der Waals surface area (Å²) in [6, 6.07) is 0.353. The van der Waals surface area contributed by atoms with Crippen molar-refractivity contribution < 1.29 is 9.53 Å². The second-order valence-corrected chi connectivity index (χ2v) is 5.88. The molecule has 1 rings (SSSR count). The lowest BCUT2D eigenvalue weighted by Gasteiger charge is -2.42. The molecule has 0 radical (unpaired) electrons. The van der Waals surface area contributed by atoms with E-state index in [1.807, 2.05) is 0 Å². The highest BCUT2D eigenvalue weighted by Gasteiger charge is 2.45. The second kappa shape index (κ2) is 5.85. The van der Waals surface area contributed by atoms with Gasteiger partial charge in [0.1, 0.15) is 5.54 Å². The smallest absolute Gasteiger partial charge is 0.326 e. The number of hydrogen-bond acceptors (Lipinski definition) is 3. The summed E-state index contributed by atoms with van der Waals surface area (Å²) in [6.07, 6.45) is 4.03. The van der Waals surface area contributed by atoms with Crippen LogP contribution in [0.15, 0.2) is 0 Å². The fraction of sp³-hybridized carbons (Fsp3) is 0.929. The van der Waals surface area contributed by atoms with E-state index >= 15 is 0 Å². The maximum atomic E-state index is 12.1. The largest absolute Gasteiger partial charge is 0.468 e. The van der Waals surface area contributed by atoms with E-state index in [0.717, 1.165) is 19.3 Å². The minimum atomic E-state index is -0.457. The number of methoxy groups -OCH3 is 1. The maximum absolute atomic E-state index is 12.1. The molecule has 1 aliphatic rings. The lowest BCUT2D eigenvalue weighted by molar-refractivity contribution is -0.152. The Morgan fingerprint density at radius 3 is 2.35 bits per heavy atom. The number of ether oxygens (including phenoxy) is 1. The number of rotatable bonds is 4. The van der Waals surface area contributed by atoms with Crippen molar-refractivity contribution in [3.8, 4) is 0 Å². The number of hydrogen-bond donors (Lipinski definition) is 1. The van der Waals surface area contributed by atoms with Crippen molar-refractivity contribution in [2.45, 2.75) is 65.0 Å². The molecule has 0 aliphatic heterocycles. The van der Waals surface area contributed by atoms with Gasteiger partial charge < -0.3 is 4.74 Å². The van der Waals surface area contributed by atoms with Crippen molar-refractivity contribution in [2.24, 2.45) is 11.8 Å². The first-order valence-electron chi connectivity index (χ1n) is 6.79. The zero-order valence-corrected chi connectivity index (χ0v) is 11.9. The van der Waals surface area contributed by atoms with Crippen molar-refractivity contribution in [1.29, 1.82) is 0 Å². The first kappa shape index (κ1) is 14.5. The zero-order valence-electron chi connectivity index (χ0n) is 11.9. The van der Waals surface area contributed by atoms with Crippen LogP contribution in [0.5, 0.6) is 0 Å². The van der Waals surface area contributed by atoms with E-state index in [0.29, 0.717) is 17.9 Å². The average molecular weight is 241 g/mol. The molecule has 0 aromatic heterocycles. The number of esters is 1. The van der Waals surface area contributed by atoms with E-state index in [-0.39, 0.29) is 5.97 Å². The van der Waals surface area contributed by atoms with Crippen molar-refractivity contribution in [1.82, 2.24) is 5.32 Å². The van der Waals surface area contributed by atoms with Crippen molar-refractivity contribution >= 4 is 5.97 Å². The van der Waals surface area contributed by atoms with E-state index in [4.69, 9.17) is 4.74 Å². The molecular formula is C14H27NO2. The number of carbonyl (C=O) groups excluding carboxylic acids is 1. The summed E-state index contributed by atoms with van der Waals surface area (Å²) in [4.78, 5) is 12.1. The quantitative estimate of drug-likeness (QED) is 0.769. The molecule has 1 aliphatic carbocycles. The van der Waals surface area contributed by atoms with Gasteiger partial charge in [0.2, 0.25) is 0 Å². The molecule has 3 heteroatoms. The molecule has 3 atom stereocenters. The van der Waals surface area contributed by atoms with Gasteiger partial charge in [-0.05, 0) is 44.4 Å². The van der Waals surface area contributed by atoms with E-state index in [1.165, 1.54) is 13.5 Å². The summed E-state index contributed by atoms with van der Waals surface area (Å²) in [5.41, 5.74) is -0.457. The third-order valence-corrected chi connectivity index (χ3v) is 3.91. The lowest BCUT2D eigenvalue weighted by Crippen LogP contribution is -2.59. The highest BCUT2D eigenvalue weighted by Crippen LogP contribution is 2.37. The third-order valence-electron chi connectivity index (χ3n) is 3.91. The predicted molar refractivity (Wildman–Crippen MR) is 69.8 cm³/mol. The summed E-state index contributed by atoms with van der Waals surface area (Å²) >= 11 is 0. The molecule has 0 amide bonds. The highest BCUT2D eigenvalue weighted by atomic mass is 16.5. The molecule has 1 saturated carbocycles. The van der Waals surface area contributed by atoms with Gasteiger partial charge in [-0.1, -0.05) is 20.8 Å². The molecule has 1 fully saturated rings. The van der Waals surface area contributed by atoms with Crippen LogP contribution in [0.3, 0.4) is 0 Å². The Morgan fingerprint density at radius 2 is 1.94 bits per heavy atom. The van der Waals surface area contributed by atoms with Gasteiger partial charge in [-0.3, -0.25) is 10.1 Å². The van der Waals surface area contributed by atoms with E-state index in [2.05, 4.69) is 33.0 Å². The van der Waals surface area contributed by atoms with Crippen LogP contribution in [0.25, 0.3) is 0 Å². The molecule has 3 unspecified atom stereocenters. The molecule has 0 spiro atoms. The topological polar surface area (TPSA) is 38.3 Å². The van der Waals surface area contributed by atoms with Crippen molar-refractivity contribution in [3.63, 3.8) is 0 Å². The molecule has 0 aromatic rings. The fourth-order valence-corrected chi connectivity index (χ4v) is 3.24. The summed E-state index contributed by atoms with van der Waals surface area (Å²) < 4.78 is 5.03. The van der Waals surface area contributed by atoms with E-state index in [9.17, 15) is 4.79 Å². The normalized spacial score (nSPS) is 35.4. The lowest BCUT2D eigenvalue weighted by atomic mass is 9.71. The third kappa shape index (κ3) is 3.44. The molecule has 17 heavy (non-hydrogen) atoms. The summed E-state index contributed by atoms with van der Waals surface area (Å²) in [5, 5.41) is 3.52. The van der Waals surface area contributed by atoms with Crippen molar-refractivity contribution in [2.75, 3.05) is 7.11 Å². The number of nitrogens with one attached hydrogen (secondary N) is 1. The van der Waals surface area contributed by atoms with Gasteiger partial charge in [0.15, 0.2) is 0 Å². The summed E-state index contributed by atoms with van der Waals surface area (Å²) in [6.45, 7) is 8.73. The van der Waals surface area contributed by atoms with E-state index < -0.39 is 5.54 Å². The van der Waals surface area contributed by atoms with Crippen molar-refractivity contribution in [3.05, 3.63) is 0 Å². The van der Waals surface area contributed by atoms with Crippen LogP contribution in [0.4, 0.5) is 0 Å². The highest BCUT2D eigenvalue weighted by molar-refractivity contribution is 5.81. The Hall–Kier alpha value is -0.570. The molecular weight excluding hydrogens is 214 g/mol. The first-order chi connectivity index (χ1) is 7.93. The fourth-order valence-electron chi connectivity index (χ4n) is 3.24. The zero-order chi connectivity index (χ0) is 13.1. The Labute approximate surface area is 105 Å². The molecule has 0 bridgehead atoms. The minimum absolute atomic E-state index is 0.0869. The average Bonchev–Trinajstić information content (AvgIpc) is 2.26. The second-order valence-electron chi connectivity index (χ2n) is 5.88. The standard InChI is InChI=1S/C14H27NO2/c1-6-12(4)15-14(13(16)17-5)8-10(2)7-11(3)9-14/h10-12,15H,6-9H2,1-5H3. The van der Waals surface area contributed by atoms with Crippen LogP contribution in [-0.4, -0.2) is 24.7 Å². The minimum Gasteiger partial charge on any atom is -0.468 e. The molecule has 0 heterocycles. The van der Waals surface area contributed by atoms with Gasteiger partial charge in [-0.15, -0.1) is 0 Å². The van der Waals surface area contributed by atoms with Gasteiger partial charge >= 0.3 is 5.97 Å². The van der Waals surface area contributed by atoms with Gasteiger partial charge in [-0.2, -0.15) is 0 Å². The van der Waals surface area contributed by atoms with Gasteiger partial charge in [0, 0.05) is 6.04 Å². The van der Waals surface area contributed by atoms with Crippen LogP contribution in [0.2, 0.25) is 0 Å². The summed E-state index contributed by atoms with van der Waals surface area (Å²) in [5.74, 6) is 1.07. The Balaban J connectivity index is 2.88. The molecule has 1 N–H and O–H groups in total. The van der Waals surface area contributed by atoms with Crippen LogP contribution >= 0.6 is 0 Å². The van der Waals surface area contributed by atoms with Gasteiger partial charge in [0.05, 0.1) is 7.11 Å². The molecule has 0 saturated heterocycles. The Bertz CT molecular complexity index is 255. The van der Waals surface area contributed by atoms with Gasteiger partial charge in [-0.25, -0.2) is 0 Å². The Morgan fingerprint density at radius 1 is 1.41 bits per heavy atom. The van der Waals surface area contributed by atoms with Crippen LogP contribution in [0, 0.1) is 11.8 Å².